The van der Waals surface area contributed by atoms with Crippen molar-refractivity contribution >= 4 is 7.32 Å². The van der Waals surface area contributed by atoms with Crippen LogP contribution in [-0.4, -0.2) is 57.5 Å². The predicted octanol–water partition coefficient (Wildman–Crippen LogP) is -1.89. The van der Waals surface area contributed by atoms with Crippen LogP contribution in [-0.2, 0) is 0 Å². The third-order valence-corrected chi connectivity index (χ3v) is 0. The summed E-state index contributed by atoms with van der Waals surface area (Å²) < 4.78 is 0. The van der Waals surface area contributed by atoms with Gasteiger partial charge in [0.15, 0.2) is 0 Å². The summed E-state index contributed by atoms with van der Waals surface area (Å²) in [7, 11) is -2.17. The molecule has 0 spiro atoms. The minimum absolute atomic E-state index is 0. The zero-order chi connectivity index (χ0) is 11.7. The zero-order valence-electron chi connectivity index (χ0n) is 9.09. The van der Waals surface area contributed by atoms with Crippen molar-refractivity contribution in [3.63, 3.8) is 0 Å². The second kappa shape index (κ2) is 53.1. The summed E-state index contributed by atoms with van der Waals surface area (Å²) in [6.45, 7) is 5.79. The lowest BCUT2D eigenvalue weighted by atomic mass is 10.3. The summed E-state index contributed by atoms with van der Waals surface area (Å²) in [5, 5.41) is 44.2. The Morgan fingerprint density at radius 2 is 0.714 bits per heavy atom. The molecule has 0 aliphatic carbocycles. The molecule has 9 N–H and O–H groups in total. The lowest BCUT2D eigenvalue weighted by molar-refractivity contribution is 0.278. The van der Waals surface area contributed by atoms with Gasteiger partial charge in [0, 0.05) is 19.8 Å². The lowest BCUT2D eigenvalue weighted by Gasteiger charge is -1.69. The molecule has 0 heterocycles. The summed E-state index contributed by atoms with van der Waals surface area (Å²) in [4.78, 5) is 0. The van der Waals surface area contributed by atoms with Gasteiger partial charge in [-0.1, -0.05) is 0 Å². The molecular weight excluding hydrogens is 193 g/mol. The third-order valence-electron chi connectivity index (χ3n) is 0. The maximum atomic E-state index is 7.57. The molecule has 0 aliphatic rings. The maximum absolute atomic E-state index is 7.57. The topological polar surface area (TPSA) is 156 Å². The van der Waals surface area contributed by atoms with E-state index < -0.39 is 7.32 Å². The van der Waals surface area contributed by atoms with Gasteiger partial charge in [0.25, 0.3) is 0 Å². The molecule has 0 atom stereocenters. The fourth-order valence-electron chi connectivity index (χ4n) is 0. The van der Waals surface area contributed by atoms with Crippen molar-refractivity contribution in [3.05, 3.63) is 0 Å². The number of aliphatic hydroxyl groups excluding tert-OH is 3. The van der Waals surface area contributed by atoms with Crippen LogP contribution < -0.4 is 6.15 Å². The highest BCUT2D eigenvalue weighted by Gasteiger charge is 1.92. The molecular formula is C6H24BNO6. The summed E-state index contributed by atoms with van der Waals surface area (Å²) in [6.07, 6.45) is 0. The van der Waals surface area contributed by atoms with Crippen LogP contribution in [0, 0.1) is 0 Å². The fourth-order valence-corrected chi connectivity index (χ4v) is 0. The molecule has 0 saturated heterocycles. The molecule has 0 rings (SSSR count). The van der Waals surface area contributed by atoms with E-state index in [1.165, 1.54) is 0 Å². The van der Waals surface area contributed by atoms with Gasteiger partial charge in [0.2, 0.25) is 0 Å². The van der Waals surface area contributed by atoms with Gasteiger partial charge in [-0.25, -0.2) is 0 Å². The Balaban J connectivity index is -0.0000000254. The molecule has 8 heteroatoms. The van der Waals surface area contributed by atoms with Gasteiger partial charge in [0.05, 0.1) is 0 Å². The largest absolute Gasteiger partial charge is 0.631 e. The highest BCUT2D eigenvalue weighted by Crippen LogP contribution is 1.40. The fraction of sp³-hybridized carbons (Fsp3) is 1.00. The highest BCUT2D eigenvalue weighted by molar-refractivity contribution is 6.30. The highest BCUT2D eigenvalue weighted by atomic mass is 16.5. The number of hydrogen-bond donors (Lipinski definition) is 7. The molecule has 0 aliphatic heterocycles. The summed E-state index contributed by atoms with van der Waals surface area (Å²) >= 11 is 0. The predicted molar refractivity (Wildman–Crippen MR) is 55.7 cm³/mol. The Kier molecular flexibility index (Phi) is 111. The molecule has 0 aromatic heterocycles. The van der Waals surface area contributed by atoms with Crippen LogP contribution in [0.2, 0.25) is 0 Å². The zero-order valence-corrected chi connectivity index (χ0v) is 9.09. The van der Waals surface area contributed by atoms with Crippen LogP contribution in [0.15, 0.2) is 0 Å². The van der Waals surface area contributed by atoms with E-state index in [9.17, 15) is 0 Å². The first kappa shape index (κ1) is 29.2. The third kappa shape index (κ3) is 29600. The number of aliphatic hydroxyl groups is 3. The standard InChI is InChI=1S/3C2H6O.BH3O3.H3N/c3*1-2-3;2-1(3)4;/h3*3H,2H2,1H3;2-4H;1H3. The van der Waals surface area contributed by atoms with Crippen molar-refractivity contribution < 1.29 is 30.4 Å². The Hall–Kier alpha value is -0.215. The van der Waals surface area contributed by atoms with Crippen LogP contribution in [0.5, 0.6) is 0 Å². The Morgan fingerprint density at radius 3 is 0.714 bits per heavy atom. The van der Waals surface area contributed by atoms with Gasteiger partial charge in [-0.2, -0.15) is 0 Å². The van der Waals surface area contributed by atoms with Gasteiger partial charge in [-0.15, -0.1) is 0 Å². The van der Waals surface area contributed by atoms with E-state index >= 15 is 0 Å². The molecule has 0 aromatic carbocycles. The monoisotopic (exact) mass is 217 g/mol. The average Bonchev–Trinajstić information content (AvgIpc) is 1.88. The Labute approximate surface area is 85.4 Å². The van der Waals surface area contributed by atoms with Crippen molar-refractivity contribution in [2.75, 3.05) is 19.8 Å². The second-order valence-corrected chi connectivity index (χ2v) is 1.30. The van der Waals surface area contributed by atoms with Gasteiger partial charge in [-0.3, -0.25) is 0 Å². The van der Waals surface area contributed by atoms with Crippen molar-refractivity contribution in [3.8, 4) is 0 Å². The number of hydrogen-bond acceptors (Lipinski definition) is 7. The molecule has 92 valence electrons. The van der Waals surface area contributed by atoms with Gasteiger partial charge < -0.3 is 36.5 Å². The quantitative estimate of drug-likeness (QED) is 0.234. The van der Waals surface area contributed by atoms with E-state index in [1.807, 2.05) is 0 Å². The summed E-state index contributed by atoms with van der Waals surface area (Å²) in [5.41, 5.74) is 0. The first-order valence-electron chi connectivity index (χ1n) is 3.84. The summed E-state index contributed by atoms with van der Waals surface area (Å²) in [5.74, 6) is 0. The first-order chi connectivity index (χ1) is 5.97. The molecule has 7 nitrogen and oxygen atoms in total. The SMILES string of the molecule is CCO.CCO.CCO.N.OB(O)O. The Bertz CT molecular complexity index is 43.8. The van der Waals surface area contributed by atoms with Crippen LogP contribution >= 0.6 is 0 Å². The van der Waals surface area contributed by atoms with E-state index in [0.29, 0.717) is 0 Å². The van der Waals surface area contributed by atoms with Crippen LogP contribution in [0.3, 0.4) is 0 Å². The normalized spacial score (nSPS) is 5.79. The smallest absolute Gasteiger partial charge is 0.402 e. The molecule has 14 heavy (non-hydrogen) atoms. The van der Waals surface area contributed by atoms with E-state index in [-0.39, 0.29) is 26.0 Å². The van der Waals surface area contributed by atoms with E-state index in [1.54, 1.807) is 20.8 Å². The summed E-state index contributed by atoms with van der Waals surface area (Å²) in [6, 6.07) is 0. The second-order valence-electron chi connectivity index (χ2n) is 1.30. The Morgan fingerprint density at radius 1 is 0.714 bits per heavy atom. The van der Waals surface area contributed by atoms with Crippen molar-refractivity contribution in [2.24, 2.45) is 0 Å². The molecule has 0 amide bonds. The molecule has 0 fully saturated rings. The van der Waals surface area contributed by atoms with Crippen molar-refractivity contribution in [2.45, 2.75) is 20.8 Å². The molecule has 0 unspecified atom stereocenters. The average molecular weight is 217 g/mol. The minimum atomic E-state index is -2.17. The van der Waals surface area contributed by atoms with E-state index in [2.05, 4.69) is 0 Å². The first-order valence-corrected chi connectivity index (χ1v) is 3.84. The number of rotatable bonds is 0. The van der Waals surface area contributed by atoms with Crippen molar-refractivity contribution in [1.29, 1.82) is 0 Å². The molecule has 0 aromatic rings. The molecule has 0 bridgehead atoms. The van der Waals surface area contributed by atoms with E-state index in [4.69, 9.17) is 30.4 Å². The van der Waals surface area contributed by atoms with Gasteiger partial charge in [-0.05, 0) is 20.8 Å². The van der Waals surface area contributed by atoms with Crippen LogP contribution in [0.4, 0.5) is 0 Å². The van der Waals surface area contributed by atoms with Gasteiger partial charge >= 0.3 is 7.32 Å². The van der Waals surface area contributed by atoms with Crippen LogP contribution in [0.25, 0.3) is 0 Å². The van der Waals surface area contributed by atoms with E-state index in [0.717, 1.165) is 0 Å². The minimum Gasteiger partial charge on any atom is -0.402 e. The maximum Gasteiger partial charge on any atom is 0.631 e. The van der Waals surface area contributed by atoms with Gasteiger partial charge in [0.1, 0.15) is 0 Å². The molecule has 0 radical (unpaired) electrons. The lowest BCUT2D eigenvalue weighted by Crippen LogP contribution is -2.07. The van der Waals surface area contributed by atoms with Crippen LogP contribution in [0.1, 0.15) is 20.8 Å². The van der Waals surface area contributed by atoms with Crippen molar-refractivity contribution in [1.82, 2.24) is 6.15 Å². The molecule has 0 saturated carbocycles.